The number of hydrogen-bond donors (Lipinski definition) is 1. The van der Waals surface area contributed by atoms with Crippen molar-refractivity contribution < 1.29 is 4.74 Å². The largest absolute Gasteiger partial charge is 0.496 e. The lowest BCUT2D eigenvalue weighted by Crippen LogP contribution is -2.10. The first kappa shape index (κ1) is 13.1. The maximum atomic E-state index is 12.1. The van der Waals surface area contributed by atoms with Crippen molar-refractivity contribution in [2.75, 3.05) is 7.11 Å². The molecule has 5 heteroatoms. The normalized spacial score (nSPS) is 10.7. The summed E-state index contributed by atoms with van der Waals surface area (Å²) in [4.78, 5) is 19.5. The van der Waals surface area contributed by atoms with Crippen molar-refractivity contribution in [2.45, 2.75) is 0 Å². The number of nitrogens with zero attached hydrogens (tertiary/aromatic N) is 1. The van der Waals surface area contributed by atoms with E-state index in [-0.39, 0.29) is 5.56 Å². The fourth-order valence-corrected chi connectivity index (χ4v) is 2.84. The summed E-state index contributed by atoms with van der Waals surface area (Å²) in [6.07, 6.45) is 0. The molecule has 0 saturated carbocycles. The fourth-order valence-electron chi connectivity index (χ4n) is 2.11. The Morgan fingerprint density at radius 3 is 2.75 bits per heavy atom. The van der Waals surface area contributed by atoms with Gasteiger partial charge in [-0.2, -0.15) is 0 Å². The Hall–Kier alpha value is -1.89. The van der Waals surface area contributed by atoms with E-state index in [0.29, 0.717) is 22.5 Å². The second-order valence-electron chi connectivity index (χ2n) is 4.25. The monoisotopic (exact) mass is 378 g/mol. The number of fused-ring (bicyclic) bond motifs is 1. The summed E-state index contributed by atoms with van der Waals surface area (Å²) in [6.45, 7) is 0. The number of hydrogen-bond acceptors (Lipinski definition) is 3. The molecule has 0 fully saturated rings. The smallest absolute Gasteiger partial charge is 0.259 e. The summed E-state index contributed by atoms with van der Waals surface area (Å²) in [5.41, 5.74) is 1.33. The van der Waals surface area contributed by atoms with Crippen molar-refractivity contribution in [1.82, 2.24) is 9.97 Å². The van der Waals surface area contributed by atoms with Gasteiger partial charge in [-0.1, -0.05) is 18.2 Å². The van der Waals surface area contributed by atoms with E-state index in [0.717, 1.165) is 9.13 Å². The van der Waals surface area contributed by atoms with E-state index >= 15 is 0 Å². The molecule has 1 N–H and O–H groups in total. The van der Waals surface area contributed by atoms with Crippen molar-refractivity contribution in [2.24, 2.45) is 0 Å². The van der Waals surface area contributed by atoms with Crippen LogP contribution in [0.25, 0.3) is 22.3 Å². The summed E-state index contributed by atoms with van der Waals surface area (Å²) in [5.74, 6) is 1.21. The summed E-state index contributed by atoms with van der Waals surface area (Å²) in [5, 5.41) is 0.584. The quantitative estimate of drug-likeness (QED) is 0.697. The average Bonchev–Trinajstić information content (AvgIpc) is 2.46. The van der Waals surface area contributed by atoms with Crippen molar-refractivity contribution in [3.05, 3.63) is 56.4 Å². The zero-order chi connectivity index (χ0) is 14.1. The number of nitrogens with one attached hydrogen (secondary N) is 1. The molecule has 0 aliphatic carbocycles. The minimum Gasteiger partial charge on any atom is -0.496 e. The average molecular weight is 378 g/mol. The number of rotatable bonds is 2. The van der Waals surface area contributed by atoms with Gasteiger partial charge in [0.2, 0.25) is 0 Å². The SMILES string of the molecule is COc1cccc(I)c1-c1nc2ccccc2c(=O)[nH]1. The molecule has 0 amide bonds. The van der Waals surface area contributed by atoms with Gasteiger partial charge in [-0.15, -0.1) is 0 Å². The number of ether oxygens (including phenoxy) is 1. The van der Waals surface area contributed by atoms with Gasteiger partial charge in [0.05, 0.1) is 23.6 Å². The third-order valence-corrected chi connectivity index (χ3v) is 3.94. The summed E-state index contributed by atoms with van der Waals surface area (Å²) in [7, 11) is 1.61. The van der Waals surface area contributed by atoms with Crippen LogP contribution in [0, 0.1) is 3.57 Å². The number of halogens is 1. The Kier molecular flexibility index (Phi) is 3.43. The molecule has 3 rings (SSSR count). The molecule has 1 heterocycles. The van der Waals surface area contributed by atoms with Crippen molar-refractivity contribution in [1.29, 1.82) is 0 Å². The van der Waals surface area contributed by atoms with Gasteiger partial charge in [-0.05, 0) is 46.9 Å². The lowest BCUT2D eigenvalue weighted by atomic mass is 10.1. The molecule has 0 saturated heterocycles. The molecule has 0 aliphatic heterocycles. The summed E-state index contributed by atoms with van der Waals surface area (Å²) < 4.78 is 6.34. The lowest BCUT2D eigenvalue weighted by molar-refractivity contribution is 0.416. The van der Waals surface area contributed by atoms with E-state index in [1.165, 1.54) is 0 Å². The van der Waals surface area contributed by atoms with Crippen LogP contribution in [-0.2, 0) is 0 Å². The van der Waals surface area contributed by atoms with E-state index in [9.17, 15) is 4.79 Å². The first-order valence-corrected chi connectivity index (χ1v) is 7.10. The summed E-state index contributed by atoms with van der Waals surface area (Å²) >= 11 is 2.21. The third kappa shape index (κ3) is 2.18. The zero-order valence-electron chi connectivity index (χ0n) is 10.7. The molecule has 20 heavy (non-hydrogen) atoms. The highest BCUT2D eigenvalue weighted by Gasteiger charge is 2.13. The van der Waals surface area contributed by atoms with Gasteiger partial charge < -0.3 is 9.72 Å². The van der Waals surface area contributed by atoms with Gasteiger partial charge >= 0.3 is 0 Å². The van der Waals surface area contributed by atoms with E-state index in [2.05, 4.69) is 32.6 Å². The van der Waals surface area contributed by atoms with Crippen LogP contribution in [-0.4, -0.2) is 17.1 Å². The highest BCUT2D eigenvalue weighted by molar-refractivity contribution is 14.1. The van der Waals surface area contributed by atoms with Crippen molar-refractivity contribution in [3.63, 3.8) is 0 Å². The molecule has 0 radical (unpaired) electrons. The first-order chi connectivity index (χ1) is 9.70. The second kappa shape index (κ2) is 5.24. The minimum absolute atomic E-state index is 0.146. The van der Waals surface area contributed by atoms with Gasteiger partial charge in [0.25, 0.3) is 5.56 Å². The number of methoxy groups -OCH3 is 1. The van der Waals surface area contributed by atoms with Crippen molar-refractivity contribution in [3.8, 4) is 17.1 Å². The molecule has 0 spiro atoms. The molecule has 2 aromatic carbocycles. The molecule has 0 bridgehead atoms. The van der Waals surface area contributed by atoms with Crippen LogP contribution in [0.4, 0.5) is 0 Å². The Morgan fingerprint density at radius 1 is 1.15 bits per heavy atom. The van der Waals surface area contributed by atoms with E-state index in [1.54, 1.807) is 13.2 Å². The molecule has 0 aliphatic rings. The predicted molar refractivity (Wildman–Crippen MR) is 87.1 cm³/mol. The standard InChI is InChI=1S/C15H11IN2O2/c1-20-12-8-4-6-10(16)13(12)14-17-11-7-3-2-5-9(11)15(19)18-14/h2-8H,1H3,(H,17,18,19). The maximum Gasteiger partial charge on any atom is 0.259 e. The molecule has 1 aromatic heterocycles. The molecule has 100 valence electrons. The number of H-pyrrole nitrogens is 1. The van der Waals surface area contributed by atoms with Gasteiger partial charge in [-0.3, -0.25) is 4.79 Å². The Bertz CT molecular complexity index is 843. The first-order valence-electron chi connectivity index (χ1n) is 6.02. The molecule has 3 aromatic rings. The van der Waals surface area contributed by atoms with Gasteiger partial charge in [0, 0.05) is 3.57 Å². The Balaban J connectivity index is 2.33. The minimum atomic E-state index is -0.146. The number of aromatic nitrogens is 2. The van der Waals surface area contributed by atoms with Crippen LogP contribution in [0.3, 0.4) is 0 Å². The highest BCUT2D eigenvalue weighted by atomic mass is 127. The van der Waals surface area contributed by atoms with Gasteiger partial charge in [0.1, 0.15) is 11.6 Å². The molecular weight excluding hydrogens is 367 g/mol. The Labute approximate surface area is 129 Å². The predicted octanol–water partition coefficient (Wildman–Crippen LogP) is 3.20. The maximum absolute atomic E-state index is 12.1. The Morgan fingerprint density at radius 2 is 1.95 bits per heavy atom. The zero-order valence-corrected chi connectivity index (χ0v) is 12.8. The van der Waals surface area contributed by atoms with E-state index in [4.69, 9.17) is 4.74 Å². The van der Waals surface area contributed by atoms with Crippen LogP contribution < -0.4 is 10.3 Å². The van der Waals surface area contributed by atoms with Crippen LogP contribution in [0.1, 0.15) is 0 Å². The topological polar surface area (TPSA) is 55.0 Å². The van der Waals surface area contributed by atoms with Gasteiger partial charge in [0.15, 0.2) is 0 Å². The van der Waals surface area contributed by atoms with Crippen molar-refractivity contribution >= 4 is 33.5 Å². The third-order valence-electron chi connectivity index (χ3n) is 3.04. The lowest BCUT2D eigenvalue weighted by Gasteiger charge is -2.10. The highest BCUT2D eigenvalue weighted by Crippen LogP contribution is 2.31. The fraction of sp³-hybridized carbons (Fsp3) is 0.0667. The van der Waals surface area contributed by atoms with Crippen LogP contribution in [0.15, 0.2) is 47.3 Å². The van der Waals surface area contributed by atoms with Gasteiger partial charge in [-0.25, -0.2) is 4.98 Å². The molecular formula is C15H11IN2O2. The van der Waals surface area contributed by atoms with Crippen LogP contribution in [0.5, 0.6) is 5.75 Å². The molecule has 0 atom stereocenters. The van der Waals surface area contributed by atoms with E-state index < -0.39 is 0 Å². The summed E-state index contributed by atoms with van der Waals surface area (Å²) in [6, 6.07) is 13.0. The molecule has 4 nitrogen and oxygen atoms in total. The second-order valence-corrected chi connectivity index (χ2v) is 5.41. The van der Waals surface area contributed by atoms with E-state index in [1.807, 2.05) is 36.4 Å². The number of benzene rings is 2. The number of aromatic amines is 1. The van der Waals surface area contributed by atoms with Crippen LogP contribution in [0.2, 0.25) is 0 Å². The van der Waals surface area contributed by atoms with Crippen LogP contribution >= 0.6 is 22.6 Å². The molecule has 0 unspecified atom stereocenters. The number of para-hydroxylation sites is 1.